The minimum Gasteiger partial charge on any atom is -0.495 e. The zero-order valence-corrected chi connectivity index (χ0v) is 15.4. The highest BCUT2D eigenvalue weighted by molar-refractivity contribution is 6.24. The number of anilines is 2. The van der Waals surface area contributed by atoms with Crippen molar-refractivity contribution in [2.24, 2.45) is 5.92 Å². The fraction of sp³-hybridized carbons (Fsp3) is 0.333. The minimum absolute atomic E-state index is 0.182. The molecular weight excluding hydrogens is 344 g/mol. The first-order valence-electron chi connectivity index (χ1n) is 9.19. The Morgan fingerprint density at radius 1 is 1.00 bits per heavy atom. The summed E-state index contributed by atoms with van der Waals surface area (Å²) in [6, 6.07) is 16.5. The van der Waals surface area contributed by atoms with E-state index in [-0.39, 0.29) is 17.9 Å². The normalized spacial score (nSPS) is 24.4. The lowest BCUT2D eigenvalue weighted by molar-refractivity contribution is -0.126. The molecule has 2 saturated heterocycles. The fourth-order valence-corrected chi connectivity index (χ4v) is 3.96. The molecule has 0 aliphatic carbocycles. The number of carbonyl (C=O) groups excluding carboxylic acids is 2. The van der Waals surface area contributed by atoms with Gasteiger partial charge in [-0.1, -0.05) is 43.7 Å². The number of carbonyl (C=O) groups is 2. The molecule has 2 aromatic rings. The van der Waals surface area contributed by atoms with Crippen LogP contribution in [0.5, 0.6) is 5.75 Å². The summed E-state index contributed by atoms with van der Waals surface area (Å²) >= 11 is 0. The molecular formula is C21H22N2O4. The summed E-state index contributed by atoms with van der Waals surface area (Å²) in [4.78, 5) is 33.6. The van der Waals surface area contributed by atoms with Crippen LogP contribution < -0.4 is 14.7 Å². The van der Waals surface area contributed by atoms with Crippen molar-refractivity contribution in [2.75, 3.05) is 17.1 Å². The second-order valence-electron chi connectivity index (χ2n) is 6.75. The van der Waals surface area contributed by atoms with Crippen LogP contribution in [0.15, 0.2) is 54.6 Å². The van der Waals surface area contributed by atoms with Crippen molar-refractivity contribution in [3.63, 3.8) is 0 Å². The summed E-state index contributed by atoms with van der Waals surface area (Å²) in [5, 5.41) is 1.74. The van der Waals surface area contributed by atoms with Crippen LogP contribution in [0.25, 0.3) is 0 Å². The zero-order valence-electron chi connectivity index (χ0n) is 15.4. The molecule has 2 aliphatic heterocycles. The molecule has 0 spiro atoms. The van der Waals surface area contributed by atoms with Crippen molar-refractivity contribution >= 4 is 23.2 Å². The SMILES string of the molecule is CCC[C@@H]1[C@H]2C(=O)N(c3ccccc3OC)C(=O)[C@@H]2ON1c1ccccc1. The van der Waals surface area contributed by atoms with Gasteiger partial charge in [-0.05, 0) is 30.7 Å². The summed E-state index contributed by atoms with van der Waals surface area (Å²) in [5.74, 6) is -0.603. The van der Waals surface area contributed by atoms with Gasteiger partial charge >= 0.3 is 0 Å². The van der Waals surface area contributed by atoms with Crippen LogP contribution in [0.1, 0.15) is 19.8 Å². The lowest BCUT2D eigenvalue weighted by Gasteiger charge is -2.28. The predicted molar refractivity (Wildman–Crippen MR) is 101 cm³/mol. The van der Waals surface area contributed by atoms with Gasteiger partial charge in [0.1, 0.15) is 5.75 Å². The number of imide groups is 1. The molecule has 0 radical (unpaired) electrons. The van der Waals surface area contributed by atoms with Crippen molar-refractivity contribution in [2.45, 2.75) is 31.9 Å². The monoisotopic (exact) mass is 366 g/mol. The van der Waals surface area contributed by atoms with E-state index in [0.29, 0.717) is 11.4 Å². The number of benzene rings is 2. The topological polar surface area (TPSA) is 59.1 Å². The number of hydrogen-bond acceptors (Lipinski definition) is 5. The Kier molecular flexibility index (Phi) is 4.58. The summed E-state index contributed by atoms with van der Waals surface area (Å²) in [6.07, 6.45) is 0.838. The number of fused-ring (bicyclic) bond motifs is 1. The van der Waals surface area contributed by atoms with Crippen LogP contribution in [0, 0.1) is 5.92 Å². The van der Waals surface area contributed by atoms with Gasteiger partial charge in [-0.25, -0.2) is 9.96 Å². The van der Waals surface area contributed by atoms with Gasteiger partial charge in [-0.3, -0.25) is 14.4 Å². The highest BCUT2D eigenvalue weighted by atomic mass is 16.7. The Morgan fingerprint density at radius 3 is 2.41 bits per heavy atom. The Balaban J connectivity index is 1.70. The number of para-hydroxylation sites is 3. The second kappa shape index (κ2) is 7.04. The third kappa shape index (κ3) is 2.77. The highest BCUT2D eigenvalue weighted by Crippen LogP contribution is 2.43. The molecule has 2 heterocycles. The maximum Gasteiger partial charge on any atom is 0.266 e. The molecule has 4 rings (SSSR count). The van der Waals surface area contributed by atoms with Gasteiger partial charge < -0.3 is 4.74 Å². The number of amides is 2. The molecule has 0 saturated carbocycles. The van der Waals surface area contributed by atoms with E-state index in [1.54, 1.807) is 23.3 Å². The van der Waals surface area contributed by atoms with Crippen LogP contribution in [0.2, 0.25) is 0 Å². The van der Waals surface area contributed by atoms with Crippen molar-refractivity contribution in [3.05, 3.63) is 54.6 Å². The van der Waals surface area contributed by atoms with Gasteiger partial charge in [-0.2, -0.15) is 0 Å². The summed E-state index contributed by atoms with van der Waals surface area (Å²) in [6.45, 7) is 2.07. The first-order chi connectivity index (χ1) is 13.2. The average molecular weight is 366 g/mol. The molecule has 27 heavy (non-hydrogen) atoms. The number of ether oxygens (including phenoxy) is 1. The van der Waals surface area contributed by atoms with Gasteiger partial charge in [0.25, 0.3) is 5.91 Å². The Morgan fingerprint density at radius 2 is 1.70 bits per heavy atom. The smallest absolute Gasteiger partial charge is 0.266 e. The van der Waals surface area contributed by atoms with E-state index in [0.717, 1.165) is 18.5 Å². The molecule has 0 N–H and O–H groups in total. The van der Waals surface area contributed by atoms with Crippen molar-refractivity contribution < 1.29 is 19.2 Å². The maximum absolute atomic E-state index is 13.3. The van der Waals surface area contributed by atoms with Gasteiger partial charge in [0.15, 0.2) is 6.10 Å². The summed E-state index contributed by atoms with van der Waals surface area (Å²) in [5.41, 5.74) is 1.32. The zero-order chi connectivity index (χ0) is 19.0. The van der Waals surface area contributed by atoms with Gasteiger partial charge in [0, 0.05) is 0 Å². The summed E-state index contributed by atoms with van der Waals surface area (Å²) in [7, 11) is 1.53. The van der Waals surface area contributed by atoms with Gasteiger partial charge in [0.2, 0.25) is 5.91 Å². The van der Waals surface area contributed by atoms with Crippen molar-refractivity contribution in [3.8, 4) is 5.75 Å². The van der Waals surface area contributed by atoms with Crippen molar-refractivity contribution in [1.29, 1.82) is 0 Å². The van der Waals surface area contributed by atoms with Crippen LogP contribution >= 0.6 is 0 Å². The molecule has 3 atom stereocenters. The third-order valence-electron chi connectivity index (χ3n) is 5.16. The molecule has 6 nitrogen and oxygen atoms in total. The van der Waals surface area contributed by atoms with Crippen LogP contribution in [-0.4, -0.2) is 31.1 Å². The number of nitrogens with zero attached hydrogens (tertiary/aromatic N) is 2. The molecule has 0 aromatic heterocycles. The highest BCUT2D eigenvalue weighted by Gasteiger charge is 2.59. The van der Waals surface area contributed by atoms with E-state index in [1.165, 1.54) is 12.0 Å². The number of methoxy groups -OCH3 is 1. The van der Waals surface area contributed by atoms with E-state index in [4.69, 9.17) is 9.57 Å². The Hall–Kier alpha value is -2.86. The number of hydrogen-bond donors (Lipinski definition) is 0. The second-order valence-corrected chi connectivity index (χ2v) is 6.75. The average Bonchev–Trinajstić information content (AvgIpc) is 3.19. The molecule has 140 valence electrons. The van der Waals surface area contributed by atoms with E-state index >= 15 is 0 Å². The first kappa shape index (κ1) is 17.5. The Labute approximate surface area is 158 Å². The molecule has 0 bridgehead atoms. The molecule has 2 amide bonds. The quantitative estimate of drug-likeness (QED) is 0.761. The predicted octanol–water partition coefficient (Wildman–Crippen LogP) is 3.17. The fourth-order valence-electron chi connectivity index (χ4n) is 3.96. The lowest BCUT2D eigenvalue weighted by Crippen LogP contribution is -2.40. The number of hydroxylamine groups is 1. The maximum atomic E-state index is 13.3. The largest absolute Gasteiger partial charge is 0.495 e. The van der Waals surface area contributed by atoms with E-state index in [9.17, 15) is 9.59 Å². The van der Waals surface area contributed by atoms with Gasteiger partial charge in [0.05, 0.1) is 30.4 Å². The van der Waals surface area contributed by atoms with Crippen LogP contribution in [-0.2, 0) is 14.4 Å². The number of rotatable bonds is 5. The van der Waals surface area contributed by atoms with Crippen LogP contribution in [0.4, 0.5) is 11.4 Å². The minimum atomic E-state index is -0.806. The van der Waals surface area contributed by atoms with E-state index in [2.05, 4.69) is 6.92 Å². The molecule has 6 heteroatoms. The lowest BCUT2D eigenvalue weighted by atomic mass is 9.93. The van der Waals surface area contributed by atoms with Crippen LogP contribution in [0.3, 0.4) is 0 Å². The molecule has 2 aromatic carbocycles. The molecule has 2 fully saturated rings. The van der Waals surface area contributed by atoms with E-state index in [1.807, 2.05) is 36.4 Å². The molecule has 2 aliphatic rings. The molecule has 0 unspecified atom stereocenters. The van der Waals surface area contributed by atoms with E-state index < -0.39 is 12.0 Å². The standard InChI is InChI=1S/C21H22N2O4/c1-3-9-16-18-19(27-23(16)14-10-5-4-6-11-14)21(25)22(20(18)24)15-12-7-8-13-17(15)26-2/h4-8,10-13,16,18-19H,3,9H2,1-2H3/t16-,18-,19-/m1/s1. The first-order valence-corrected chi connectivity index (χ1v) is 9.19. The van der Waals surface area contributed by atoms with Crippen molar-refractivity contribution in [1.82, 2.24) is 0 Å². The summed E-state index contributed by atoms with van der Waals surface area (Å²) < 4.78 is 5.34. The third-order valence-corrected chi connectivity index (χ3v) is 5.16. The Bertz CT molecular complexity index is 854. The van der Waals surface area contributed by atoms with Gasteiger partial charge in [-0.15, -0.1) is 0 Å².